The number of thioether (sulfide) groups is 2. The molecule has 0 unspecified atom stereocenters. The Kier molecular flexibility index (Phi) is 7.29. The van der Waals surface area contributed by atoms with Crippen LogP contribution in [-0.4, -0.2) is 40.1 Å². The molecule has 9 heteroatoms. The van der Waals surface area contributed by atoms with Crippen molar-refractivity contribution in [1.82, 2.24) is 10.2 Å². The van der Waals surface area contributed by atoms with Gasteiger partial charge in [0.25, 0.3) is 0 Å². The Bertz CT molecular complexity index is 706. The molecule has 1 aromatic carbocycles. The predicted molar refractivity (Wildman–Crippen MR) is 99.5 cm³/mol. The van der Waals surface area contributed by atoms with Gasteiger partial charge in [-0.2, -0.15) is 0 Å². The molecule has 0 saturated heterocycles. The minimum absolute atomic E-state index is 0.0346. The van der Waals surface area contributed by atoms with Gasteiger partial charge in [0, 0.05) is 12.2 Å². The van der Waals surface area contributed by atoms with E-state index in [1.807, 2.05) is 30.3 Å². The minimum atomic E-state index is -0.400. The monoisotopic (exact) mass is 380 g/mol. The first-order valence-electron chi connectivity index (χ1n) is 6.94. The van der Waals surface area contributed by atoms with Gasteiger partial charge in [0.2, 0.25) is 11.8 Å². The molecule has 2 amide bonds. The molecule has 2 N–H and O–H groups in total. The smallest absolute Gasteiger partial charge is 0.237 e. The molecule has 1 heterocycles. The second-order valence-corrected chi connectivity index (χ2v) is 7.93. The number of carbonyl (C=O) groups excluding carboxylic acids is 2. The predicted octanol–water partition coefficient (Wildman–Crippen LogP) is 2.43. The van der Waals surface area contributed by atoms with Crippen LogP contribution in [0.3, 0.4) is 0 Å². The fourth-order valence-corrected chi connectivity index (χ4v) is 4.37. The van der Waals surface area contributed by atoms with Crippen molar-refractivity contribution in [2.75, 3.05) is 23.0 Å². The van der Waals surface area contributed by atoms with E-state index < -0.39 is 5.91 Å². The average molecular weight is 381 g/mol. The maximum absolute atomic E-state index is 12.5. The van der Waals surface area contributed by atoms with Gasteiger partial charge in [0.15, 0.2) is 8.68 Å². The Morgan fingerprint density at radius 2 is 1.79 bits per heavy atom. The van der Waals surface area contributed by atoms with Crippen LogP contribution in [0.1, 0.15) is 0 Å². The quantitative estimate of drug-likeness (QED) is 0.531. The number of para-hydroxylation sites is 1. The number of benzene rings is 1. The molecule has 6 nitrogen and oxygen atoms in total. The summed E-state index contributed by atoms with van der Waals surface area (Å²) in [6.45, 7) is 4.15. The van der Waals surface area contributed by atoms with Crippen LogP contribution < -0.4 is 10.6 Å². The van der Waals surface area contributed by atoms with E-state index in [2.05, 4.69) is 16.8 Å². The highest BCUT2D eigenvalue weighted by molar-refractivity contribution is 8.03. The topological polar surface area (TPSA) is 89.2 Å². The highest BCUT2D eigenvalue weighted by Gasteiger charge is 2.16. The van der Waals surface area contributed by atoms with E-state index in [1.165, 1.54) is 34.9 Å². The molecule has 0 aliphatic rings. The average Bonchev–Trinajstić information content (AvgIpc) is 3.04. The molecular weight excluding hydrogens is 364 g/mol. The lowest BCUT2D eigenvalue weighted by Crippen LogP contribution is -2.32. The van der Waals surface area contributed by atoms with E-state index in [-0.39, 0.29) is 17.4 Å². The summed E-state index contributed by atoms with van der Waals surface area (Å²) < 4.78 is 1.34. The second kappa shape index (κ2) is 9.45. The number of aromatic nitrogens is 2. The summed E-state index contributed by atoms with van der Waals surface area (Å²) in [6.07, 6.45) is 1.69. The van der Waals surface area contributed by atoms with E-state index in [9.17, 15) is 9.59 Å². The molecule has 2 aromatic rings. The molecule has 0 atom stereocenters. The molecule has 126 valence electrons. The van der Waals surface area contributed by atoms with E-state index in [1.54, 1.807) is 11.0 Å². The molecule has 2 rings (SSSR count). The molecule has 0 radical (unpaired) electrons. The van der Waals surface area contributed by atoms with Gasteiger partial charge in [-0.15, -0.1) is 16.8 Å². The SMILES string of the molecule is C=CCN(C(=O)CSc1nnc(SCC(N)=O)s1)c1ccccc1. The summed E-state index contributed by atoms with van der Waals surface area (Å²) in [4.78, 5) is 24.9. The van der Waals surface area contributed by atoms with Crippen LogP contribution in [0.5, 0.6) is 0 Å². The van der Waals surface area contributed by atoms with Crippen molar-refractivity contribution >= 4 is 52.4 Å². The van der Waals surface area contributed by atoms with Gasteiger partial charge in [-0.05, 0) is 12.1 Å². The summed E-state index contributed by atoms with van der Waals surface area (Å²) in [5.41, 5.74) is 5.93. The van der Waals surface area contributed by atoms with Crippen molar-refractivity contribution in [3.05, 3.63) is 43.0 Å². The van der Waals surface area contributed by atoms with Gasteiger partial charge in [0.1, 0.15) is 0 Å². The van der Waals surface area contributed by atoms with E-state index in [4.69, 9.17) is 5.73 Å². The zero-order chi connectivity index (χ0) is 17.4. The first-order valence-corrected chi connectivity index (χ1v) is 9.72. The third-order valence-corrected chi connectivity index (χ3v) is 5.92. The van der Waals surface area contributed by atoms with Crippen LogP contribution >= 0.6 is 34.9 Å². The molecule has 0 fully saturated rings. The fourth-order valence-electron chi connectivity index (χ4n) is 1.74. The van der Waals surface area contributed by atoms with Crippen molar-refractivity contribution in [2.24, 2.45) is 5.73 Å². The molecule has 0 spiro atoms. The van der Waals surface area contributed by atoms with E-state index in [0.717, 1.165) is 5.69 Å². The molecule has 0 saturated carbocycles. The summed E-state index contributed by atoms with van der Waals surface area (Å²) >= 11 is 3.91. The second-order valence-electron chi connectivity index (χ2n) is 4.51. The van der Waals surface area contributed by atoms with Crippen LogP contribution in [0.2, 0.25) is 0 Å². The molecule has 1 aromatic heterocycles. The number of rotatable bonds is 9. The number of amides is 2. The van der Waals surface area contributed by atoms with E-state index >= 15 is 0 Å². The Balaban J connectivity index is 1.93. The van der Waals surface area contributed by atoms with Gasteiger partial charge < -0.3 is 10.6 Å². The first-order chi connectivity index (χ1) is 11.6. The number of nitrogens with zero attached hydrogens (tertiary/aromatic N) is 3. The van der Waals surface area contributed by atoms with Crippen LogP contribution in [0.15, 0.2) is 51.7 Å². The van der Waals surface area contributed by atoms with Crippen LogP contribution in [0, 0.1) is 0 Å². The number of carbonyl (C=O) groups is 2. The summed E-state index contributed by atoms with van der Waals surface area (Å²) in [7, 11) is 0. The van der Waals surface area contributed by atoms with Gasteiger partial charge >= 0.3 is 0 Å². The van der Waals surface area contributed by atoms with Crippen LogP contribution in [0.4, 0.5) is 5.69 Å². The summed E-state index contributed by atoms with van der Waals surface area (Å²) in [5, 5.41) is 7.98. The normalized spacial score (nSPS) is 10.3. The maximum atomic E-state index is 12.5. The fraction of sp³-hybridized carbons (Fsp3) is 0.200. The van der Waals surface area contributed by atoms with Crippen molar-refractivity contribution in [3.8, 4) is 0 Å². The van der Waals surface area contributed by atoms with Crippen molar-refractivity contribution in [1.29, 1.82) is 0 Å². The Morgan fingerprint density at radius 1 is 1.17 bits per heavy atom. The zero-order valence-electron chi connectivity index (χ0n) is 12.8. The standard InChI is InChI=1S/C15H16N4O2S3/c1-2-8-19(11-6-4-3-5-7-11)13(21)10-23-15-18-17-14(24-15)22-9-12(16)20/h2-7H,1,8-10H2,(H2,16,20). The maximum Gasteiger partial charge on any atom is 0.237 e. The van der Waals surface area contributed by atoms with Gasteiger partial charge in [-0.1, -0.05) is 59.1 Å². The molecule has 0 bridgehead atoms. The highest BCUT2D eigenvalue weighted by atomic mass is 32.2. The number of hydrogen-bond donors (Lipinski definition) is 1. The number of primary amides is 1. The molecule has 24 heavy (non-hydrogen) atoms. The van der Waals surface area contributed by atoms with Crippen molar-refractivity contribution in [3.63, 3.8) is 0 Å². The van der Waals surface area contributed by atoms with Crippen molar-refractivity contribution < 1.29 is 9.59 Å². The first kappa shape index (κ1) is 18.5. The molecular formula is C15H16N4O2S3. The largest absolute Gasteiger partial charge is 0.369 e. The molecule has 0 aliphatic carbocycles. The van der Waals surface area contributed by atoms with Gasteiger partial charge in [0.05, 0.1) is 11.5 Å². The van der Waals surface area contributed by atoms with Gasteiger partial charge in [-0.3, -0.25) is 9.59 Å². The lowest BCUT2D eigenvalue weighted by molar-refractivity contribution is -0.116. The minimum Gasteiger partial charge on any atom is -0.369 e. The van der Waals surface area contributed by atoms with Gasteiger partial charge in [-0.25, -0.2) is 0 Å². The lowest BCUT2D eigenvalue weighted by atomic mass is 10.3. The number of nitrogens with two attached hydrogens (primary N) is 1. The Hall–Kier alpha value is -1.84. The van der Waals surface area contributed by atoms with Crippen LogP contribution in [0.25, 0.3) is 0 Å². The lowest BCUT2D eigenvalue weighted by Gasteiger charge is -2.20. The number of hydrogen-bond acceptors (Lipinski definition) is 7. The van der Waals surface area contributed by atoms with Crippen LogP contribution in [-0.2, 0) is 9.59 Å². The third-order valence-electron chi connectivity index (χ3n) is 2.73. The van der Waals surface area contributed by atoms with E-state index in [0.29, 0.717) is 15.2 Å². The zero-order valence-corrected chi connectivity index (χ0v) is 15.2. The summed E-state index contributed by atoms with van der Waals surface area (Å²) in [6, 6.07) is 9.45. The van der Waals surface area contributed by atoms with Crippen molar-refractivity contribution in [2.45, 2.75) is 8.68 Å². The highest BCUT2D eigenvalue weighted by Crippen LogP contribution is 2.29. The Labute approximate surface area is 152 Å². The Morgan fingerprint density at radius 3 is 2.38 bits per heavy atom. The summed E-state index contributed by atoms with van der Waals surface area (Å²) in [5.74, 6) is -0.0212. The number of anilines is 1. The third kappa shape index (κ3) is 5.66. The molecule has 0 aliphatic heterocycles.